The Balaban J connectivity index is 1.72. The number of hydrogen-bond donors (Lipinski definition) is 0. The SMILES string of the molecule is CCON=C1CCCc2sc(-c3sc(-c4cccnc4)nc3C)nc21. The number of aromatic nitrogens is 3. The molecule has 0 aliphatic heterocycles. The van der Waals surface area contributed by atoms with Crippen molar-refractivity contribution in [3.63, 3.8) is 0 Å². The summed E-state index contributed by atoms with van der Waals surface area (Å²) in [6, 6.07) is 3.97. The maximum absolute atomic E-state index is 5.27. The van der Waals surface area contributed by atoms with Gasteiger partial charge in [0.2, 0.25) is 0 Å². The van der Waals surface area contributed by atoms with E-state index in [4.69, 9.17) is 14.8 Å². The number of oxime groups is 1. The van der Waals surface area contributed by atoms with Gasteiger partial charge in [0.05, 0.1) is 10.6 Å². The summed E-state index contributed by atoms with van der Waals surface area (Å²) in [5.41, 5.74) is 4.04. The Morgan fingerprint density at radius 3 is 2.92 bits per heavy atom. The third kappa shape index (κ3) is 3.21. The molecule has 0 bridgehead atoms. The zero-order valence-corrected chi connectivity index (χ0v) is 15.8. The molecule has 0 saturated heterocycles. The van der Waals surface area contributed by atoms with Gasteiger partial charge in [-0.3, -0.25) is 4.98 Å². The fourth-order valence-corrected chi connectivity index (χ4v) is 5.13. The molecule has 4 rings (SSSR count). The van der Waals surface area contributed by atoms with Crippen molar-refractivity contribution in [2.24, 2.45) is 5.16 Å². The maximum atomic E-state index is 5.27. The molecule has 0 atom stereocenters. The summed E-state index contributed by atoms with van der Waals surface area (Å²) in [6.07, 6.45) is 6.72. The van der Waals surface area contributed by atoms with Gasteiger partial charge in [0.15, 0.2) is 0 Å². The molecule has 0 amide bonds. The topological polar surface area (TPSA) is 60.3 Å². The molecule has 1 aliphatic carbocycles. The average molecular weight is 371 g/mol. The van der Waals surface area contributed by atoms with Gasteiger partial charge < -0.3 is 4.84 Å². The van der Waals surface area contributed by atoms with Crippen molar-refractivity contribution >= 4 is 28.4 Å². The van der Waals surface area contributed by atoms with E-state index in [-0.39, 0.29) is 0 Å². The molecule has 25 heavy (non-hydrogen) atoms. The van der Waals surface area contributed by atoms with Crippen molar-refractivity contribution in [2.75, 3.05) is 6.61 Å². The zero-order chi connectivity index (χ0) is 17.2. The number of rotatable bonds is 4. The van der Waals surface area contributed by atoms with Crippen LogP contribution >= 0.6 is 22.7 Å². The first-order chi connectivity index (χ1) is 12.3. The fraction of sp³-hybridized carbons (Fsp3) is 0.333. The molecule has 1 aliphatic rings. The van der Waals surface area contributed by atoms with Crippen LogP contribution in [0.2, 0.25) is 0 Å². The van der Waals surface area contributed by atoms with Crippen LogP contribution in [0.1, 0.15) is 36.0 Å². The molecule has 3 aromatic rings. The number of thiazole rings is 2. The van der Waals surface area contributed by atoms with E-state index in [1.807, 2.05) is 32.2 Å². The molecule has 0 fully saturated rings. The van der Waals surface area contributed by atoms with Crippen LogP contribution in [0.25, 0.3) is 20.5 Å². The van der Waals surface area contributed by atoms with Crippen LogP contribution in [0, 0.1) is 6.92 Å². The summed E-state index contributed by atoms with van der Waals surface area (Å²) in [4.78, 5) is 21.5. The Kier molecular flexibility index (Phi) is 4.59. The molecule has 128 valence electrons. The molecule has 0 saturated carbocycles. The van der Waals surface area contributed by atoms with E-state index in [1.54, 1.807) is 28.9 Å². The Hall–Kier alpha value is -2.12. The molecule has 7 heteroatoms. The van der Waals surface area contributed by atoms with Crippen LogP contribution in [0.15, 0.2) is 29.7 Å². The predicted molar refractivity (Wildman–Crippen MR) is 102 cm³/mol. The fourth-order valence-electron chi connectivity index (χ4n) is 2.82. The van der Waals surface area contributed by atoms with Crippen molar-refractivity contribution in [2.45, 2.75) is 33.1 Å². The smallest absolute Gasteiger partial charge is 0.136 e. The molecule has 0 unspecified atom stereocenters. The lowest BCUT2D eigenvalue weighted by molar-refractivity contribution is 0.158. The highest BCUT2D eigenvalue weighted by molar-refractivity contribution is 7.23. The molecule has 5 nitrogen and oxygen atoms in total. The molecular weight excluding hydrogens is 352 g/mol. The van der Waals surface area contributed by atoms with E-state index in [0.29, 0.717) is 6.61 Å². The van der Waals surface area contributed by atoms with Crippen LogP contribution in [0.5, 0.6) is 0 Å². The first-order valence-electron chi connectivity index (χ1n) is 8.33. The van der Waals surface area contributed by atoms with Gasteiger partial charge in [-0.25, -0.2) is 9.97 Å². The lowest BCUT2D eigenvalue weighted by Crippen LogP contribution is -2.11. The van der Waals surface area contributed by atoms with E-state index >= 15 is 0 Å². The van der Waals surface area contributed by atoms with Gasteiger partial charge in [0.25, 0.3) is 0 Å². The Morgan fingerprint density at radius 1 is 1.20 bits per heavy atom. The third-order valence-corrected chi connectivity index (χ3v) is 6.47. The quantitative estimate of drug-likeness (QED) is 0.624. The average Bonchev–Trinajstić information content (AvgIpc) is 3.24. The Bertz CT molecular complexity index is 915. The third-order valence-electron chi connectivity index (χ3n) is 3.99. The van der Waals surface area contributed by atoms with Gasteiger partial charge in [-0.15, -0.1) is 22.7 Å². The van der Waals surface area contributed by atoms with E-state index in [9.17, 15) is 0 Å². The Morgan fingerprint density at radius 2 is 2.12 bits per heavy atom. The largest absolute Gasteiger partial charge is 0.396 e. The minimum atomic E-state index is 0.582. The number of pyridine rings is 1. The lowest BCUT2D eigenvalue weighted by atomic mass is 10.0. The van der Waals surface area contributed by atoms with Crippen molar-refractivity contribution in [3.05, 3.63) is 40.8 Å². The summed E-state index contributed by atoms with van der Waals surface area (Å²) in [7, 11) is 0. The second-order valence-electron chi connectivity index (χ2n) is 5.78. The van der Waals surface area contributed by atoms with E-state index in [2.05, 4.69) is 10.1 Å². The van der Waals surface area contributed by atoms with Gasteiger partial charge >= 0.3 is 0 Å². The summed E-state index contributed by atoms with van der Waals surface area (Å²) in [5.74, 6) is 0. The highest BCUT2D eigenvalue weighted by Crippen LogP contribution is 2.39. The number of aryl methyl sites for hydroxylation is 2. The Labute approximate surface area is 154 Å². The molecular formula is C18H18N4OS2. The van der Waals surface area contributed by atoms with Crippen LogP contribution in [0.4, 0.5) is 0 Å². The monoisotopic (exact) mass is 370 g/mol. The zero-order valence-electron chi connectivity index (χ0n) is 14.2. The number of hydrogen-bond acceptors (Lipinski definition) is 7. The van der Waals surface area contributed by atoms with Crippen LogP contribution in [0.3, 0.4) is 0 Å². The van der Waals surface area contributed by atoms with Gasteiger partial charge in [-0.2, -0.15) is 0 Å². The molecule has 0 radical (unpaired) electrons. The summed E-state index contributed by atoms with van der Waals surface area (Å²) >= 11 is 3.43. The maximum Gasteiger partial charge on any atom is 0.136 e. The van der Waals surface area contributed by atoms with Gasteiger partial charge in [-0.1, -0.05) is 5.16 Å². The van der Waals surface area contributed by atoms with Crippen LogP contribution < -0.4 is 0 Å². The van der Waals surface area contributed by atoms with Gasteiger partial charge in [0.1, 0.15) is 28.0 Å². The van der Waals surface area contributed by atoms with Crippen molar-refractivity contribution in [1.82, 2.24) is 15.0 Å². The van der Waals surface area contributed by atoms with Crippen LogP contribution in [-0.2, 0) is 11.3 Å². The first kappa shape index (κ1) is 16.4. The minimum absolute atomic E-state index is 0.582. The van der Waals surface area contributed by atoms with Crippen molar-refractivity contribution in [1.29, 1.82) is 0 Å². The second-order valence-corrected chi connectivity index (χ2v) is 7.86. The molecule has 3 aromatic heterocycles. The normalized spacial score (nSPS) is 15.4. The summed E-state index contributed by atoms with van der Waals surface area (Å²) < 4.78 is 0. The van der Waals surface area contributed by atoms with Crippen LogP contribution in [-0.4, -0.2) is 27.3 Å². The first-order valence-corrected chi connectivity index (χ1v) is 9.96. The van der Waals surface area contributed by atoms with E-state index in [1.165, 1.54) is 4.88 Å². The van der Waals surface area contributed by atoms with E-state index in [0.717, 1.165) is 56.8 Å². The molecule has 0 aromatic carbocycles. The van der Waals surface area contributed by atoms with Crippen molar-refractivity contribution in [3.8, 4) is 20.5 Å². The summed E-state index contributed by atoms with van der Waals surface area (Å²) in [5, 5.41) is 6.28. The molecule has 3 heterocycles. The predicted octanol–water partition coefficient (Wildman–Crippen LogP) is 4.71. The second kappa shape index (κ2) is 7.01. The highest BCUT2D eigenvalue weighted by Gasteiger charge is 2.24. The molecule has 0 spiro atoms. The van der Waals surface area contributed by atoms with E-state index < -0.39 is 0 Å². The van der Waals surface area contributed by atoms with Gasteiger partial charge in [0, 0.05) is 22.8 Å². The number of nitrogens with zero attached hydrogens (tertiary/aromatic N) is 4. The van der Waals surface area contributed by atoms with Crippen molar-refractivity contribution < 1.29 is 4.84 Å². The minimum Gasteiger partial charge on any atom is -0.396 e. The highest BCUT2D eigenvalue weighted by atomic mass is 32.1. The number of fused-ring (bicyclic) bond motifs is 1. The standard InChI is InChI=1S/C18H18N4OS2/c1-3-23-22-13-7-4-8-14-15(13)21-18(24-14)16-11(2)20-17(25-16)12-6-5-9-19-10-12/h5-6,9-10H,3-4,7-8H2,1-2H3. The lowest BCUT2D eigenvalue weighted by Gasteiger charge is -2.10. The van der Waals surface area contributed by atoms with Gasteiger partial charge in [-0.05, 0) is 45.2 Å². The molecule has 0 N–H and O–H groups in total. The summed E-state index contributed by atoms with van der Waals surface area (Å²) in [6.45, 7) is 4.57.